The van der Waals surface area contributed by atoms with E-state index in [0.29, 0.717) is 12.4 Å². The lowest BCUT2D eigenvalue weighted by Gasteiger charge is -1.96. The number of rotatable bonds is 1. The van der Waals surface area contributed by atoms with E-state index in [1.807, 2.05) is 31.7 Å². The Morgan fingerprint density at radius 3 is 2.52 bits per heavy atom. The summed E-state index contributed by atoms with van der Waals surface area (Å²) in [6.45, 7) is 10.0. The van der Waals surface area contributed by atoms with Crippen molar-refractivity contribution in [1.82, 2.24) is 19.9 Å². The number of carbonyl (C=O) groups is 1. The van der Waals surface area contributed by atoms with Crippen LogP contribution < -0.4 is 11.1 Å². The molecule has 2 aromatic heterocycles. The van der Waals surface area contributed by atoms with Crippen molar-refractivity contribution in [2.45, 2.75) is 41.0 Å². The van der Waals surface area contributed by atoms with Crippen molar-refractivity contribution in [1.29, 1.82) is 0 Å². The summed E-state index contributed by atoms with van der Waals surface area (Å²) in [5.74, 6) is 6.12. The van der Waals surface area contributed by atoms with E-state index in [9.17, 15) is 4.79 Å². The summed E-state index contributed by atoms with van der Waals surface area (Å²) in [5.41, 5.74) is 7.32. The van der Waals surface area contributed by atoms with Gasteiger partial charge in [0, 0.05) is 20.2 Å². The molecule has 3 N–H and O–H groups in total. The molecule has 0 atom stereocenters. The molecule has 0 aliphatic heterocycles. The lowest BCUT2D eigenvalue weighted by atomic mass is 10.2. The first kappa shape index (κ1) is 20.5. The Kier molecular flexibility index (Phi) is 9.85. The van der Waals surface area contributed by atoms with E-state index in [-0.39, 0.29) is 5.91 Å². The number of aryl methyl sites for hydroxylation is 1. The summed E-state index contributed by atoms with van der Waals surface area (Å²) in [6, 6.07) is 0. The molecule has 0 saturated heterocycles. The third-order valence-corrected chi connectivity index (χ3v) is 2.43. The van der Waals surface area contributed by atoms with E-state index in [0.717, 1.165) is 16.6 Å². The van der Waals surface area contributed by atoms with Gasteiger partial charge in [-0.1, -0.05) is 46.0 Å². The van der Waals surface area contributed by atoms with E-state index < -0.39 is 0 Å². The number of fused-ring (bicyclic) bond motifs is 1. The molecule has 1 amide bonds. The molecule has 2 rings (SSSR count). The quantitative estimate of drug-likeness (QED) is 0.791. The largest absolute Gasteiger partial charge is 0.383 e. The standard InChI is InChI=1S/C12H13N5O.C3H8.C2H6/c1-8(18)14-5-3-4-9-6-17(2)12-10(9)11(13)15-7-16-12;1-3-2;1-2/h6-7H,5H2,1-2H3,(H,14,18)(H2,13,15,16);3H2,1-2H3;1-2H3. The first-order chi connectivity index (χ1) is 11.0. The second-order valence-corrected chi connectivity index (χ2v) is 4.53. The molecule has 6 nitrogen and oxygen atoms in total. The Labute approximate surface area is 138 Å². The lowest BCUT2D eigenvalue weighted by Crippen LogP contribution is -2.19. The smallest absolute Gasteiger partial charge is 0.217 e. The van der Waals surface area contributed by atoms with Gasteiger partial charge in [-0.15, -0.1) is 0 Å². The molecule has 0 aliphatic rings. The molecule has 0 spiro atoms. The maximum absolute atomic E-state index is 10.7. The molecule has 6 heteroatoms. The average Bonchev–Trinajstić information content (AvgIpc) is 2.84. The highest BCUT2D eigenvalue weighted by atomic mass is 16.1. The predicted octanol–water partition coefficient (Wildman–Crippen LogP) is 2.48. The zero-order chi connectivity index (χ0) is 17.8. The van der Waals surface area contributed by atoms with Gasteiger partial charge < -0.3 is 15.6 Å². The minimum absolute atomic E-state index is 0.106. The minimum atomic E-state index is -0.106. The van der Waals surface area contributed by atoms with Crippen LogP contribution in [-0.2, 0) is 11.8 Å². The van der Waals surface area contributed by atoms with Crippen molar-refractivity contribution >= 4 is 22.8 Å². The zero-order valence-corrected chi connectivity index (χ0v) is 14.9. The van der Waals surface area contributed by atoms with Crippen molar-refractivity contribution in [2.24, 2.45) is 7.05 Å². The number of nitrogens with one attached hydrogen (secondary N) is 1. The Morgan fingerprint density at radius 2 is 1.96 bits per heavy atom. The molecule has 126 valence electrons. The molecule has 0 bridgehead atoms. The van der Waals surface area contributed by atoms with Gasteiger partial charge in [0.25, 0.3) is 0 Å². The second-order valence-electron chi connectivity index (χ2n) is 4.53. The Hall–Kier alpha value is -2.55. The van der Waals surface area contributed by atoms with Gasteiger partial charge in [-0.3, -0.25) is 4.79 Å². The first-order valence-corrected chi connectivity index (χ1v) is 7.80. The highest BCUT2D eigenvalue weighted by Gasteiger charge is 2.09. The Morgan fingerprint density at radius 1 is 1.35 bits per heavy atom. The number of aromatic nitrogens is 3. The highest BCUT2D eigenvalue weighted by molar-refractivity contribution is 5.92. The van der Waals surface area contributed by atoms with E-state index in [4.69, 9.17) is 5.73 Å². The number of hydrogen-bond acceptors (Lipinski definition) is 4. The van der Waals surface area contributed by atoms with Crippen LogP contribution >= 0.6 is 0 Å². The molecule has 2 heterocycles. The number of anilines is 1. The molecule has 2 aromatic rings. The number of hydrogen-bond donors (Lipinski definition) is 2. The second kappa shape index (κ2) is 11.1. The fraction of sp³-hybridized carbons (Fsp3) is 0.471. The zero-order valence-electron chi connectivity index (χ0n) is 14.9. The van der Waals surface area contributed by atoms with Crippen LogP contribution in [0.1, 0.15) is 46.6 Å². The van der Waals surface area contributed by atoms with E-state index in [2.05, 4.69) is 41.0 Å². The average molecular weight is 317 g/mol. The number of nitrogens with zero attached hydrogens (tertiary/aromatic N) is 3. The highest BCUT2D eigenvalue weighted by Crippen LogP contribution is 2.21. The maximum Gasteiger partial charge on any atom is 0.217 e. The molecular formula is C17H27N5O. The van der Waals surface area contributed by atoms with Gasteiger partial charge in [0.15, 0.2) is 0 Å². The normalized spacial score (nSPS) is 8.78. The molecule has 0 aromatic carbocycles. The van der Waals surface area contributed by atoms with Gasteiger partial charge in [-0.25, -0.2) is 9.97 Å². The van der Waals surface area contributed by atoms with Crippen molar-refractivity contribution < 1.29 is 4.79 Å². The molecule has 0 saturated carbocycles. The summed E-state index contributed by atoms with van der Waals surface area (Å²) in [6.07, 6.45) is 4.52. The molecular weight excluding hydrogens is 290 g/mol. The van der Waals surface area contributed by atoms with Crippen LogP contribution in [0.4, 0.5) is 5.82 Å². The van der Waals surface area contributed by atoms with Gasteiger partial charge >= 0.3 is 0 Å². The lowest BCUT2D eigenvalue weighted by molar-refractivity contribution is -0.118. The van der Waals surface area contributed by atoms with Crippen LogP contribution in [0.15, 0.2) is 12.5 Å². The monoisotopic (exact) mass is 317 g/mol. The van der Waals surface area contributed by atoms with Crippen molar-refractivity contribution in [3.8, 4) is 11.8 Å². The maximum atomic E-state index is 10.7. The van der Waals surface area contributed by atoms with E-state index >= 15 is 0 Å². The third-order valence-electron chi connectivity index (χ3n) is 2.43. The summed E-state index contributed by atoms with van der Waals surface area (Å²) < 4.78 is 1.84. The first-order valence-electron chi connectivity index (χ1n) is 7.80. The molecule has 0 unspecified atom stereocenters. The van der Waals surface area contributed by atoms with Gasteiger partial charge in [0.1, 0.15) is 17.8 Å². The topological polar surface area (TPSA) is 85.8 Å². The fourth-order valence-corrected chi connectivity index (χ4v) is 1.64. The van der Waals surface area contributed by atoms with Gasteiger partial charge in [-0.2, -0.15) is 0 Å². The number of amides is 1. The summed E-state index contributed by atoms with van der Waals surface area (Å²) in [7, 11) is 1.87. The Bertz CT molecular complexity index is 679. The predicted molar refractivity (Wildman–Crippen MR) is 95.8 cm³/mol. The van der Waals surface area contributed by atoms with Crippen molar-refractivity contribution in [2.75, 3.05) is 12.3 Å². The number of nitrogen functional groups attached to an aromatic ring is 1. The van der Waals surface area contributed by atoms with Gasteiger partial charge in [-0.05, 0) is 0 Å². The molecule has 0 aliphatic carbocycles. The van der Waals surface area contributed by atoms with E-state index in [1.165, 1.54) is 19.7 Å². The van der Waals surface area contributed by atoms with Crippen LogP contribution in [-0.4, -0.2) is 27.0 Å². The molecule has 23 heavy (non-hydrogen) atoms. The SMILES string of the molecule is CC.CC(=O)NCC#Cc1cn(C)c2ncnc(N)c12.CCC. The van der Waals surface area contributed by atoms with Crippen molar-refractivity contribution in [3.63, 3.8) is 0 Å². The Balaban J connectivity index is 0.000000868. The van der Waals surface area contributed by atoms with Crippen LogP contribution in [0, 0.1) is 11.8 Å². The number of nitrogens with two attached hydrogens (primary N) is 1. The summed E-state index contributed by atoms with van der Waals surface area (Å²) in [5, 5.41) is 3.35. The molecule has 0 fully saturated rings. The third kappa shape index (κ3) is 6.39. The van der Waals surface area contributed by atoms with Crippen molar-refractivity contribution in [3.05, 3.63) is 18.1 Å². The van der Waals surface area contributed by atoms with Crippen LogP contribution in [0.5, 0.6) is 0 Å². The van der Waals surface area contributed by atoms with Crippen LogP contribution in [0.3, 0.4) is 0 Å². The van der Waals surface area contributed by atoms with Crippen LogP contribution in [0.2, 0.25) is 0 Å². The number of carbonyl (C=O) groups excluding carboxylic acids is 1. The fourth-order valence-electron chi connectivity index (χ4n) is 1.64. The van der Waals surface area contributed by atoms with Crippen LogP contribution in [0.25, 0.3) is 11.0 Å². The van der Waals surface area contributed by atoms with Gasteiger partial charge in [0.05, 0.1) is 17.5 Å². The van der Waals surface area contributed by atoms with E-state index in [1.54, 1.807) is 0 Å². The summed E-state index contributed by atoms with van der Waals surface area (Å²) in [4.78, 5) is 18.8. The minimum Gasteiger partial charge on any atom is -0.383 e. The summed E-state index contributed by atoms with van der Waals surface area (Å²) >= 11 is 0. The molecule has 0 radical (unpaired) electrons. The van der Waals surface area contributed by atoms with Gasteiger partial charge in [0.2, 0.25) is 5.91 Å².